The number of ether oxygens (including phenoxy) is 1. The van der Waals surface area contributed by atoms with Gasteiger partial charge in [0.05, 0.1) is 6.04 Å². The summed E-state index contributed by atoms with van der Waals surface area (Å²) in [5, 5.41) is 11.6. The van der Waals surface area contributed by atoms with E-state index in [-0.39, 0.29) is 11.7 Å². The molecule has 0 spiro atoms. The molecule has 1 aliphatic rings. The molecule has 0 aromatic heterocycles. The minimum atomic E-state index is -1.35. The maximum absolute atomic E-state index is 12.3. The number of amides is 1. The Hall–Kier alpha value is -2.58. The highest BCUT2D eigenvalue weighted by atomic mass is 16.5. The summed E-state index contributed by atoms with van der Waals surface area (Å²) in [4.78, 5) is 38.7. The van der Waals surface area contributed by atoms with Crippen molar-refractivity contribution in [3.8, 4) is 0 Å². The van der Waals surface area contributed by atoms with Crippen molar-refractivity contribution in [2.75, 3.05) is 0 Å². The fourth-order valence-corrected chi connectivity index (χ4v) is 2.06. The number of aliphatic imine (C=N–C) groups is 1. The summed E-state index contributed by atoms with van der Waals surface area (Å²) < 4.78 is 5.24. The fraction of sp³-hybridized carbons (Fsp3) is 0.538. The molecule has 1 heterocycles. The van der Waals surface area contributed by atoms with Gasteiger partial charge in [-0.05, 0) is 6.08 Å². The number of guanidine groups is 1. The largest absolute Gasteiger partial charge is 0.475 e. The number of carboxylic acids is 1. The van der Waals surface area contributed by atoms with Gasteiger partial charge < -0.3 is 26.6 Å². The predicted octanol–water partition coefficient (Wildman–Crippen LogP) is -1.27. The highest BCUT2D eigenvalue weighted by molar-refractivity contribution is 5.90. The first-order valence-corrected chi connectivity index (χ1v) is 6.64. The van der Waals surface area contributed by atoms with Gasteiger partial charge in [0.25, 0.3) is 0 Å². The second kappa shape index (κ2) is 6.92. The fourth-order valence-electron chi connectivity index (χ4n) is 2.06. The highest BCUT2D eigenvalue weighted by Crippen LogP contribution is 2.23. The summed E-state index contributed by atoms with van der Waals surface area (Å²) >= 11 is 0. The Balaban J connectivity index is 3.31. The first-order chi connectivity index (χ1) is 10.1. The van der Waals surface area contributed by atoms with Crippen LogP contribution in [0.4, 0.5) is 0 Å². The van der Waals surface area contributed by atoms with Gasteiger partial charge in [0, 0.05) is 12.8 Å². The van der Waals surface area contributed by atoms with Gasteiger partial charge in [-0.1, -0.05) is 13.8 Å². The average Bonchev–Trinajstić information content (AvgIpc) is 2.38. The number of carbonyl (C=O) groups is 3. The summed E-state index contributed by atoms with van der Waals surface area (Å²) in [6.07, 6.45) is -0.0275. The number of rotatable bonds is 5. The topological polar surface area (TPSA) is 157 Å². The minimum absolute atomic E-state index is 0.293. The van der Waals surface area contributed by atoms with Crippen LogP contribution in [0.15, 0.2) is 16.8 Å². The van der Waals surface area contributed by atoms with Crippen molar-refractivity contribution < 1.29 is 24.2 Å². The van der Waals surface area contributed by atoms with Crippen LogP contribution < -0.4 is 16.8 Å². The summed E-state index contributed by atoms with van der Waals surface area (Å²) in [6.45, 7) is 4.55. The average molecular weight is 312 g/mol. The van der Waals surface area contributed by atoms with E-state index < -0.39 is 41.7 Å². The van der Waals surface area contributed by atoms with E-state index in [9.17, 15) is 14.4 Å². The van der Waals surface area contributed by atoms with Crippen LogP contribution in [0.25, 0.3) is 0 Å². The van der Waals surface area contributed by atoms with Crippen molar-refractivity contribution in [2.24, 2.45) is 22.4 Å². The van der Waals surface area contributed by atoms with Gasteiger partial charge in [0.1, 0.15) is 6.04 Å². The Labute approximate surface area is 127 Å². The second-order valence-corrected chi connectivity index (χ2v) is 5.20. The molecular formula is C13H20N4O5. The van der Waals surface area contributed by atoms with E-state index in [1.54, 1.807) is 13.8 Å². The number of carbonyl (C=O) groups excluding carboxylic acids is 2. The highest BCUT2D eigenvalue weighted by Gasteiger charge is 2.42. The molecule has 0 saturated carbocycles. The van der Waals surface area contributed by atoms with Gasteiger partial charge in [0.2, 0.25) is 11.7 Å². The van der Waals surface area contributed by atoms with E-state index in [0.717, 1.165) is 6.08 Å². The number of nitrogens with two attached hydrogens (primary N) is 2. The lowest BCUT2D eigenvalue weighted by atomic mass is 9.91. The number of ketones is 1. The van der Waals surface area contributed by atoms with Gasteiger partial charge in [-0.2, -0.15) is 0 Å². The molecule has 0 unspecified atom stereocenters. The number of nitrogens with one attached hydrogen (secondary N) is 1. The lowest BCUT2D eigenvalue weighted by Crippen LogP contribution is -2.56. The van der Waals surface area contributed by atoms with Crippen LogP contribution in [-0.2, 0) is 19.1 Å². The molecule has 9 nitrogen and oxygen atoms in total. The normalized spacial score (nSPS) is 24.0. The number of carboxylic acid groups (broad SMARTS) is 1. The van der Waals surface area contributed by atoms with E-state index in [2.05, 4.69) is 10.3 Å². The van der Waals surface area contributed by atoms with Crippen LogP contribution >= 0.6 is 0 Å². The Bertz CT molecular complexity index is 537. The van der Waals surface area contributed by atoms with Crippen molar-refractivity contribution in [1.29, 1.82) is 0 Å². The molecule has 0 aromatic carbocycles. The monoisotopic (exact) mass is 312 g/mol. The van der Waals surface area contributed by atoms with E-state index >= 15 is 0 Å². The molecule has 0 radical (unpaired) electrons. The first kappa shape index (κ1) is 17.5. The number of aliphatic carboxylic acids is 1. The number of hydrogen-bond acceptors (Lipinski definition) is 5. The first-order valence-electron chi connectivity index (χ1n) is 6.64. The predicted molar refractivity (Wildman–Crippen MR) is 77.6 cm³/mol. The zero-order chi connectivity index (χ0) is 17.0. The van der Waals surface area contributed by atoms with Gasteiger partial charge >= 0.3 is 5.97 Å². The molecule has 0 saturated heterocycles. The molecule has 0 fully saturated rings. The van der Waals surface area contributed by atoms with Gasteiger partial charge in [0.15, 0.2) is 17.8 Å². The molecule has 22 heavy (non-hydrogen) atoms. The molecule has 122 valence electrons. The maximum Gasteiger partial charge on any atom is 0.370 e. The Morgan fingerprint density at radius 3 is 2.36 bits per heavy atom. The van der Waals surface area contributed by atoms with Crippen molar-refractivity contribution in [2.45, 2.75) is 39.0 Å². The zero-order valence-electron chi connectivity index (χ0n) is 12.6. The van der Waals surface area contributed by atoms with Crippen LogP contribution in [0.1, 0.15) is 20.8 Å². The molecule has 1 amide bonds. The molecule has 6 N–H and O–H groups in total. The van der Waals surface area contributed by atoms with E-state index in [1.807, 2.05) is 0 Å². The standard InChI is InChI=1S/C13H20N4O5/c1-5(2)10(19)11-9(16-6(3)18)7(17-13(14)15)4-8(22-11)12(20)21/h4-5,7,9,11H,1-3H3,(H,16,18)(H,20,21)(H4,14,15,17)/t7-,9+,11+/m0/s1. The van der Waals surface area contributed by atoms with Gasteiger partial charge in [-0.25, -0.2) is 9.79 Å². The third kappa shape index (κ3) is 4.21. The van der Waals surface area contributed by atoms with Crippen LogP contribution in [0.3, 0.4) is 0 Å². The van der Waals surface area contributed by atoms with E-state index in [0.29, 0.717) is 0 Å². The lowest BCUT2D eigenvalue weighted by Gasteiger charge is -2.35. The molecule has 1 aliphatic heterocycles. The molecule has 0 aliphatic carbocycles. The van der Waals surface area contributed by atoms with Crippen LogP contribution in [0.5, 0.6) is 0 Å². The summed E-state index contributed by atoms with van der Waals surface area (Å²) in [6, 6.07) is -1.81. The smallest absolute Gasteiger partial charge is 0.370 e. The van der Waals surface area contributed by atoms with Gasteiger partial charge in [-0.3, -0.25) is 9.59 Å². The minimum Gasteiger partial charge on any atom is -0.475 e. The quantitative estimate of drug-likeness (QED) is 0.364. The van der Waals surface area contributed by atoms with Crippen LogP contribution in [-0.4, -0.2) is 46.9 Å². The third-order valence-electron chi connectivity index (χ3n) is 3.00. The number of nitrogens with zero attached hydrogens (tertiary/aromatic N) is 1. The Morgan fingerprint density at radius 2 is 1.95 bits per heavy atom. The Kier molecular flexibility index (Phi) is 5.50. The third-order valence-corrected chi connectivity index (χ3v) is 3.00. The van der Waals surface area contributed by atoms with Crippen molar-refractivity contribution in [3.63, 3.8) is 0 Å². The summed E-state index contributed by atoms with van der Waals surface area (Å²) in [5.74, 6) is -3.28. The van der Waals surface area contributed by atoms with Crippen molar-refractivity contribution in [3.05, 3.63) is 11.8 Å². The molecule has 0 aromatic rings. The van der Waals surface area contributed by atoms with Crippen LogP contribution in [0, 0.1) is 5.92 Å². The second-order valence-electron chi connectivity index (χ2n) is 5.20. The van der Waals surface area contributed by atoms with E-state index in [1.165, 1.54) is 6.92 Å². The number of hydrogen-bond donors (Lipinski definition) is 4. The van der Waals surface area contributed by atoms with Gasteiger partial charge in [-0.15, -0.1) is 0 Å². The Morgan fingerprint density at radius 1 is 1.36 bits per heavy atom. The molecule has 3 atom stereocenters. The molecular weight excluding hydrogens is 292 g/mol. The lowest BCUT2D eigenvalue weighted by molar-refractivity contribution is -0.143. The van der Waals surface area contributed by atoms with E-state index in [4.69, 9.17) is 21.3 Å². The van der Waals surface area contributed by atoms with Crippen LogP contribution in [0.2, 0.25) is 0 Å². The number of Topliss-reactive ketones (excluding diaryl/α,β-unsaturated/α-hetero) is 1. The van der Waals surface area contributed by atoms with Crippen molar-refractivity contribution >= 4 is 23.6 Å². The zero-order valence-corrected chi connectivity index (χ0v) is 12.6. The molecule has 0 bridgehead atoms. The molecule has 9 heteroatoms. The molecule has 1 rings (SSSR count). The summed E-state index contributed by atoms with van der Waals surface area (Å²) in [7, 11) is 0. The van der Waals surface area contributed by atoms with Crippen molar-refractivity contribution in [1.82, 2.24) is 5.32 Å². The SMILES string of the molecule is CC(=O)N[C@@H]1[C@@H](N=C(N)N)C=C(C(=O)O)O[C@H]1C(=O)C(C)C. The maximum atomic E-state index is 12.3. The summed E-state index contributed by atoms with van der Waals surface area (Å²) in [5.41, 5.74) is 10.7.